The number of fused-ring (bicyclic) bond motifs is 1. The van der Waals surface area contributed by atoms with Gasteiger partial charge in [0.2, 0.25) is 0 Å². The van der Waals surface area contributed by atoms with Crippen LogP contribution in [0.2, 0.25) is 0 Å². The molecule has 0 spiro atoms. The molecule has 1 aliphatic heterocycles. The molecule has 1 fully saturated rings. The van der Waals surface area contributed by atoms with E-state index in [0.29, 0.717) is 26.1 Å². The van der Waals surface area contributed by atoms with Gasteiger partial charge in [-0.05, 0) is 39.9 Å². The van der Waals surface area contributed by atoms with Crippen molar-refractivity contribution >= 4 is 16.7 Å². The van der Waals surface area contributed by atoms with Crippen LogP contribution >= 0.6 is 0 Å². The Labute approximate surface area is 176 Å². The predicted octanol–water partition coefficient (Wildman–Crippen LogP) is 4.46. The summed E-state index contributed by atoms with van der Waals surface area (Å²) in [6, 6.07) is 20.5. The predicted molar refractivity (Wildman–Crippen MR) is 114 cm³/mol. The maximum atomic E-state index is 11.9. The van der Waals surface area contributed by atoms with Gasteiger partial charge in [0.1, 0.15) is 0 Å². The molecule has 5 nitrogen and oxygen atoms in total. The highest BCUT2D eigenvalue weighted by atomic mass is 16.7. The van der Waals surface area contributed by atoms with E-state index < -0.39 is 6.29 Å². The fourth-order valence-electron chi connectivity index (χ4n) is 4.07. The van der Waals surface area contributed by atoms with E-state index in [9.17, 15) is 9.90 Å². The molecule has 0 bridgehead atoms. The Bertz CT molecular complexity index is 1020. The minimum atomic E-state index is -0.465. The van der Waals surface area contributed by atoms with Gasteiger partial charge in [-0.25, -0.2) is 0 Å². The third kappa shape index (κ3) is 4.38. The third-order valence-electron chi connectivity index (χ3n) is 5.63. The van der Waals surface area contributed by atoms with Gasteiger partial charge in [0.25, 0.3) is 0 Å². The summed E-state index contributed by atoms with van der Waals surface area (Å²) < 4.78 is 16.5. The number of esters is 1. The zero-order valence-corrected chi connectivity index (χ0v) is 17.0. The summed E-state index contributed by atoms with van der Waals surface area (Å²) in [5.74, 6) is -0.271. The molecule has 3 aromatic rings. The molecule has 0 saturated carbocycles. The van der Waals surface area contributed by atoms with Crippen molar-refractivity contribution in [1.82, 2.24) is 0 Å². The molecule has 156 valence electrons. The number of hydrogen-bond donors (Lipinski definition) is 1. The lowest BCUT2D eigenvalue weighted by Crippen LogP contribution is -2.12. The maximum absolute atomic E-state index is 11.9. The monoisotopic (exact) mass is 406 g/mol. The first kappa shape index (κ1) is 20.5. The van der Waals surface area contributed by atoms with E-state index >= 15 is 0 Å². The molecule has 1 saturated heterocycles. The Hall–Kier alpha value is -2.73. The molecule has 0 radical (unpaired) electrons. The largest absolute Gasteiger partial charge is 0.469 e. The molecule has 0 aromatic heterocycles. The Kier molecular flexibility index (Phi) is 6.43. The van der Waals surface area contributed by atoms with Crippen LogP contribution in [0.1, 0.15) is 47.3 Å². The van der Waals surface area contributed by atoms with E-state index in [2.05, 4.69) is 30.3 Å². The van der Waals surface area contributed by atoms with Gasteiger partial charge in [-0.2, -0.15) is 0 Å². The summed E-state index contributed by atoms with van der Waals surface area (Å²) in [6.07, 6.45) is 0.442. The highest BCUT2D eigenvalue weighted by Crippen LogP contribution is 2.38. The Morgan fingerprint density at radius 1 is 1.07 bits per heavy atom. The van der Waals surface area contributed by atoms with Crippen molar-refractivity contribution in [2.24, 2.45) is 0 Å². The number of carbonyl (C=O) groups is 1. The normalized spacial score (nSPS) is 15.4. The first-order valence-electron chi connectivity index (χ1n) is 10.2. The average molecular weight is 406 g/mol. The van der Waals surface area contributed by atoms with Crippen LogP contribution in [0.3, 0.4) is 0 Å². The summed E-state index contributed by atoms with van der Waals surface area (Å²) in [7, 11) is 1.41. The number of carbonyl (C=O) groups excluding carboxylic acids is 1. The molecule has 1 N–H and O–H groups in total. The lowest BCUT2D eigenvalue weighted by molar-refractivity contribution is -0.140. The van der Waals surface area contributed by atoms with E-state index in [0.717, 1.165) is 27.6 Å². The lowest BCUT2D eigenvalue weighted by atomic mass is 9.83. The van der Waals surface area contributed by atoms with E-state index in [1.165, 1.54) is 12.5 Å². The topological polar surface area (TPSA) is 65.0 Å². The van der Waals surface area contributed by atoms with E-state index in [4.69, 9.17) is 14.2 Å². The maximum Gasteiger partial charge on any atom is 0.305 e. The summed E-state index contributed by atoms with van der Waals surface area (Å²) >= 11 is 0. The van der Waals surface area contributed by atoms with Crippen LogP contribution in [0.15, 0.2) is 60.7 Å². The van der Waals surface area contributed by atoms with Gasteiger partial charge >= 0.3 is 5.97 Å². The number of ether oxygens (including phenoxy) is 3. The van der Waals surface area contributed by atoms with Crippen molar-refractivity contribution < 1.29 is 24.1 Å². The molecule has 3 aromatic carbocycles. The standard InChI is InChI=1S/C25H26O5/c1-28-24(27)11-10-21(20-8-7-18-4-2-3-5-19(18)15-20)22-9-6-17(16-26)14-23(22)25-29-12-13-30-25/h2-9,14-15,21,25-26H,10-13,16H2,1H3. The second-order valence-electron chi connectivity index (χ2n) is 7.47. The number of hydrogen-bond acceptors (Lipinski definition) is 5. The number of methoxy groups -OCH3 is 1. The first-order chi connectivity index (χ1) is 14.7. The van der Waals surface area contributed by atoms with Gasteiger partial charge in [0.05, 0.1) is 26.9 Å². The minimum absolute atomic E-state index is 0.0377. The van der Waals surface area contributed by atoms with Gasteiger partial charge in [-0.1, -0.05) is 54.6 Å². The van der Waals surface area contributed by atoms with Gasteiger partial charge < -0.3 is 19.3 Å². The molecule has 1 heterocycles. The van der Waals surface area contributed by atoms with Gasteiger partial charge in [-0.3, -0.25) is 4.79 Å². The van der Waals surface area contributed by atoms with Crippen LogP contribution in [0.5, 0.6) is 0 Å². The van der Waals surface area contributed by atoms with Crippen molar-refractivity contribution in [3.63, 3.8) is 0 Å². The highest BCUT2D eigenvalue weighted by molar-refractivity contribution is 5.83. The number of rotatable bonds is 7. The van der Waals surface area contributed by atoms with Crippen molar-refractivity contribution in [2.75, 3.05) is 20.3 Å². The van der Waals surface area contributed by atoms with Crippen LogP contribution in [-0.4, -0.2) is 31.4 Å². The van der Waals surface area contributed by atoms with Crippen LogP contribution in [-0.2, 0) is 25.6 Å². The van der Waals surface area contributed by atoms with E-state index in [-0.39, 0.29) is 18.5 Å². The molecule has 1 atom stereocenters. The van der Waals surface area contributed by atoms with Crippen LogP contribution in [0, 0.1) is 0 Å². The molecular weight excluding hydrogens is 380 g/mol. The number of aliphatic hydroxyl groups excluding tert-OH is 1. The molecule has 4 rings (SSSR count). The summed E-state index contributed by atoms with van der Waals surface area (Å²) in [5.41, 5.74) is 3.87. The van der Waals surface area contributed by atoms with E-state index in [1.807, 2.05) is 30.3 Å². The van der Waals surface area contributed by atoms with Crippen molar-refractivity contribution in [1.29, 1.82) is 0 Å². The Balaban J connectivity index is 1.79. The Morgan fingerprint density at radius 2 is 1.83 bits per heavy atom. The number of benzene rings is 3. The third-order valence-corrected chi connectivity index (χ3v) is 5.63. The highest BCUT2D eigenvalue weighted by Gasteiger charge is 2.27. The van der Waals surface area contributed by atoms with Crippen molar-refractivity contribution in [3.8, 4) is 0 Å². The SMILES string of the molecule is COC(=O)CCC(c1ccc2ccccc2c1)c1ccc(CO)cc1C1OCCO1. The fourth-order valence-corrected chi connectivity index (χ4v) is 4.07. The molecule has 0 amide bonds. The summed E-state index contributed by atoms with van der Waals surface area (Å²) in [4.78, 5) is 11.9. The summed E-state index contributed by atoms with van der Waals surface area (Å²) in [5, 5.41) is 12.0. The first-order valence-corrected chi connectivity index (χ1v) is 10.2. The molecule has 1 aliphatic rings. The smallest absolute Gasteiger partial charge is 0.305 e. The van der Waals surface area contributed by atoms with Crippen LogP contribution < -0.4 is 0 Å². The average Bonchev–Trinajstić information content (AvgIpc) is 3.34. The zero-order chi connectivity index (χ0) is 20.9. The van der Waals surface area contributed by atoms with Gasteiger partial charge in [-0.15, -0.1) is 0 Å². The minimum Gasteiger partial charge on any atom is -0.469 e. The van der Waals surface area contributed by atoms with E-state index in [1.54, 1.807) is 0 Å². The van der Waals surface area contributed by atoms with Crippen LogP contribution in [0.4, 0.5) is 0 Å². The fraction of sp³-hybridized carbons (Fsp3) is 0.320. The van der Waals surface area contributed by atoms with Crippen LogP contribution in [0.25, 0.3) is 10.8 Å². The Morgan fingerprint density at radius 3 is 2.57 bits per heavy atom. The number of aliphatic hydroxyl groups is 1. The van der Waals surface area contributed by atoms with Gasteiger partial charge in [0, 0.05) is 17.9 Å². The molecule has 30 heavy (non-hydrogen) atoms. The van der Waals surface area contributed by atoms with Crippen molar-refractivity contribution in [3.05, 3.63) is 82.9 Å². The summed E-state index contributed by atoms with van der Waals surface area (Å²) in [6.45, 7) is 1.02. The second kappa shape index (κ2) is 9.39. The zero-order valence-electron chi connectivity index (χ0n) is 17.0. The molecule has 5 heteroatoms. The van der Waals surface area contributed by atoms with Gasteiger partial charge in [0.15, 0.2) is 6.29 Å². The molecular formula is C25H26O5. The lowest BCUT2D eigenvalue weighted by Gasteiger charge is -2.24. The van der Waals surface area contributed by atoms with Crippen molar-refractivity contribution in [2.45, 2.75) is 31.7 Å². The second-order valence-corrected chi connectivity index (χ2v) is 7.47. The quantitative estimate of drug-likeness (QED) is 0.587. The molecule has 1 unspecified atom stereocenters. The molecule has 0 aliphatic carbocycles.